The van der Waals surface area contributed by atoms with Crippen molar-refractivity contribution in [2.45, 2.75) is 109 Å². The van der Waals surface area contributed by atoms with E-state index in [1.165, 1.54) is 12.8 Å². The number of rotatable bonds is 9. The molecule has 0 saturated heterocycles. The van der Waals surface area contributed by atoms with Gasteiger partial charge in [-0.2, -0.15) is 0 Å². The molecule has 2 aliphatic rings. The molecule has 7 unspecified atom stereocenters. The number of unbranched alkanes of at least 4 members (excludes halogenated alkanes) is 3. The molecule has 0 heterocycles. The fourth-order valence-electron chi connectivity index (χ4n) is 4.85. The normalized spacial score (nSPS) is 39.5. The summed E-state index contributed by atoms with van der Waals surface area (Å²) in [5.74, 6) is -0.460. The first kappa shape index (κ1) is 21.1. The molecule has 0 radical (unpaired) electrons. The molecule has 0 bridgehead atoms. The van der Waals surface area contributed by atoms with Crippen LogP contribution in [0.15, 0.2) is 0 Å². The highest BCUT2D eigenvalue weighted by atomic mass is 19.2. The minimum Gasteiger partial charge on any atom is -0.375 e. The van der Waals surface area contributed by atoms with Crippen molar-refractivity contribution in [3.63, 3.8) is 0 Å². The molecule has 2 aliphatic carbocycles. The SMILES string of the molecule is CCCCCCOC1CCC(C2CCC(CCC)C(F)C2F)CC1F. The molecule has 2 rings (SSSR count). The lowest BCUT2D eigenvalue weighted by molar-refractivity contribution is -0.0664. The lowest BCUT2D eigenvalue weighted by Gasteiger charge is -2.42. The maximum absolute atomic E-state index is 14.6. The maximum Gasteiger partial charge on any atom is 0.134 e. The summed E-state index contributed by atoms with van der Waals surface area (Å²) in [6, 6.07) is 0. The smallest absolute Gasteiger partial charge is 0.134 e. The molecular weight excluding hydrogens is 325 g/mol. The summed E-state index contributed by atoms with van der Waals surface area (Å²) in [7, 11) is 0. The molecule has 0 spiro atoms. The summed E-state index contributed by atoms with van der Waals surface area (Å²) < 4.78 is 49.2. The summed E-state index contributed by atoms with van der Waals surface area (Å²) in [5.41, 5.74) is 0. The largest absolute Gasteiger partial charge is 0.375 e. The van der Waals surface area contributed by atoms with Gasteiger partial charge in [-0.15, -0.1) is 0 Å². The molecule has 1 nitrogen and oxygen atoms in total. The number of ether oxygens (including phenoxy) is 1. The molecule has 4 heteroatoms. The second kappa shape index (κ2) is 10.8. The van der Waals surface area contributed by atoms with E-state index in [-0.39, 0.29) is 23.9 Å². The van der Waals surface area contributed by atoms with Gasteiger partial charge in [0.05, 0.1) is 6.10 Å². The second-order valence-corrected chi connectivity index (χ2v) is 8.24. The van der Waals surface area contributed by atoms with E-state index < -0.39 is 18.5 Å². The van der Waals surface area contributed by atoms with Gasteiger partial charge >= 0.3 is 0 Å². The topological polar surface area (TPSA) is 9.23 Å². The first-order chi connectivity index (χ1) is 12.1. The van der Waals surface area contributed by atoms with Crippen molar-refractivity contribution in [1.82, 2.24) is 0 Å². The Hall–Kier alpha value is -0.250. The Morgan fingerprint density at radius 1 is 0.840 bits per heavy atom. The van der Waals surface area contributed by atoms with Crippen LogP contribution in [-0.4, -0.2) is 31.2 Å². The van der Waals surface area contributed by atoms with E-state index in [1.54, 1.807) is 0 Å². The number of halogens is 3. The lowest BCUT2D eigenvalue weighted by atomic mass is 9.68. The quantitative estimate of drug-likeness (QED) is 0.420. The van der Waals surface area contributed by atoms with Crippen LogP contribution in [0.2, 0.25) is 0 Å². The fourth-order valence-corrected chi connectivity index (χ4v) is 4.85. The third-order valence-electron chi connectivity index (χ3n) is 6.38. The molecule has 2 saturated carbocycles. The van der Waals surface area contributed by atoms with Crippen LogP contribution < -0.4 is 0 Å². The van der Waals surface area contributed by atoms with Gasteiger partial charge in [-0.3, -0.25) is 0 Å². The molecule has 0 aliphatic heterocycles. The van der Waals surface area contributed by atoms with Gasteiger partial charge in [-0.25, -0.2) is 13.2 Å². The summed E-state index contributed by atoms with van der Waals surface area (Å²) in [5, 5.41) is 0. The molecule has 25 heavy (non-hydrogen) atoms. The second-order valence-electron chi connectivity index (χ2n) is 8.24. The summed E-state index contributed by atoms with van der Waals surface area (Å²) in [4.78, 5) is 0. The fraction of sp³-hybridized carbons (Fsp3) is 1.00. The maximum atomic E-state index is 14.6. The Kier molecular flexibility index (Phi) is 9.09. The van der Waals surface area contributed by atoms with Gasteiger partial charge in [0.15, 0.2) is 0 Å². The number of alkyl halides is 3. The van der Waals surface area contributed by atoms with Crippen molar-refractivity contribution < 1.29 is 17.9 Å². The summed E-state index contributed by atoms with van der Waals surface area (Å²) in [6.45, 7) is 4.80. The van der Waals surface area contributed by atoms with Gasteiger partial charge in [0.1, 0.15) is 18.5 Å². The standard InChI is InChI=1S/C21H37F3O/c1-3-5-6-7-13-25-19-12-10-16(14-18(19)22)17-11-9-15(8-4-2)20(23)21(17)24/h15-21H,3-14H2,1-2H3. The minimum absolute atomic E-state index is 0.0224. The van der Waals surface area contributed by atoms with Crippen LogP contribution >= 0.6 is 0 Å². The van der Waals surface area contributed by atoms with Gasteiger partial charge in [-0.05, 0) is 62.7 Å². The average Bonchev–Trinajstić information content (AvgIpc) is 2.60. The van der Waals surface area contributed by atoms with E-state index in [9.17, 15) is 13.2 Å². The van der Waals surface area contributed by atoms with Crippen LogP contribution in [0.5, 0.6) is 0 Å². The van der Waals surface area contributed by atoms with Crippen molar-refractivity contribution >= 4 is 0 Å². The van der Waals surface area contributed by atoms with Crippen molar-refractivity contribution in [2.24, 2.45) is 17.8 Å². The minimum atomic E-state index is -1.41. The third kappa shape index (κ3) is 5.87. The van der Waals surface area contributed by atoms with Crippen LogP contribution in [0.3, 0.4) is 0 Å². The zero-order chi connectivity index (χ0) is 18.2. The molecule has 0 aromatic carbocycles. The first-order valence-corrected chi connectivity index (χ1v) is 10.6. The molecule has 0 amide bonds. The molecule has 2 fully saturated rings. The van der Waals surface area contributed by atoms with Gasteiger partial charge in [0, 0.05) is 6.61 Å². The van der Waals surface area contributed by atoms with Gasteiger partial charge in [0.2, 0.25) is 0 Å². The third-order valence-corrected chi connectivity index (χ3v) is 6.38. The van der Waals surface area contributed by atoms with Gasteiger partial charge in [-0.1, -0.05) is 39.5 Å². The van der Waals surface area contributed by atoms with E-state index in [2.05, 4.69) is 6.92 Å². The van der Waals surface area contributed by atoms with E-state index in [0.29, 0.717) is 25.9 Å². The van der Waals surface area contributed by atoms with Crippen LogP contribution in [0.25, 0.3) is 0 Å². The molecular formula is C21H37F3O. The number of hydrogen-bond acceptors (Lipinski definition) is 1. The van der Waals surface area contributed by atoms with Crippen molar-refractivity contribution in [1.29, 1.82) is 0 Å². The first-order valence-electron chi connectivity index (χ1n) is 10.6. The van der Waals surface area contributed by atoms with E-state index in [1.807, 2.05) is 6.92 Å². The highest BCUT2D eigenvalue weighted by Crippen LogP contribution is 2.44. The lowest BCUT2D eigenvalue weighted by Crippen LogP contribution is -2.44. The highest BCUT2D eigenvalue weighted by molar-refractivity contribution is 4.94. The Morgan fingerprint density at radius 2 is 1.64 bits per heavy atom. The average molecular weight is 363 g/mol. The Morgan fingerprint density at radius 3 is 2.32 bits per heavy atom. The van der Waals surface area contributed by atoms with Gasteiger partial charge < -0.3 is 4.74 Å². The zero-order valence-corrected chi connectivity index (χ0v) is 16.1. The summed E-state index contributed by atoms with van der Waals surface area (Å²) in [6.07, 6.45) is 5.25. The van der Waals surface area contributed by atoms with Gasteiger partial charge in [0.25, 0.3) is 0 Å². The predicted molar refractivity (Wildman–Crippen MR) is 97.0 cm³/mol. The Labute approximate surface area is 152 Å². The van der Waals surface area contributed by atoms with Crippen molar-refractivity contribution in [3.05, 3.63) is 0 Å². The Balaban J connectivity index is 1.76. The van der Waals surface area contributed by atoms with E-state index >= 15 is 0 Å². The van der Waals surface area contributed by atoms with Crippen LogP contribution in [0.1, 0.15) is 84.5 Å². The molecule has 0 aromatic heterocycles. The molecule has 0 aromatic rings. The molecule has 0 N–H and O–H groups in total. The number of hydrogen-bond donors (Lipinski definition) is 0. The monoisotopic (exact) mass is 362 g/mol. The van der Waals surface area contributed by atoms with Crippen LogP contribution in [0.4, 0.5) is 13.2 Å². The van der Waals surface area contributed by atoms with Crippen molar-refractivity contribution in [3.8, 4) is 0 Å². The predicted octanol–water partition coefficient (Wildman–Crippen LogP) is 6.59. The molecule has 148 valence electrons. The Bertz CT molecular complexity index is 365. The van der Waals surface area contributed by atoms with Crippen molar-refractivity contribution in [2.75, 3.05) is 6.61 Å². The molecule has 7 atom stereocenters. The van der Waals surface area contributed by atoms with Crippen LogP contribution in [0, 0.1) is 17.8 Å². The summed E-state index contributed by atoms with van der Waals surface area (Å²) >= 11 is 0. The highest BCUT2D eigenvalue weighted by Gasteiger charge is 2.45. The van der Waals surface area contributed by atoms with E-state index in [0.717, 1.165) is 38.5 Å². The van der Waals surface area contributed by atoms with Crippen LogP contribution in [-0.2, 0) is 4.74 Å². The zero-order valence-electron chi connectivity index (χ0n) is 16.1. The van der Waals surface area contributed by atoms with E-state index in [4.69, 9.17) is 4.74 Å².